The Hall–Kier alpha value is -3.38. The summed E-state index contributed by atoms with van der Waals surface area (Å²) in [7, 11) is 0. The van der Waals surface area contributed by atoms with Crippen LogP contribution in [-0.2, 0) is 0 Å². The number of benzene rings is 1. The lowest BCUT2D eigenvalue weighted by Crippen LogP contribution is -2.07. The molecule has 0 aliphatic rings. The summed E-state index contributed by atoms with van der Waals surface area (Å²) in [6.45, 7) is 0. The van der Waals surface area contributed by atoms with Crippen molar-refractivity contribution in [1.29, 1.82) is 5.26 Å². The first kappa shape index (κ1) is 16.5. The predicted octanol–water partition coefficient (Wildman–Crippen LogP) is 2.56. The van der Waals surface area contributed by atoms with Gasteiger partial charge in [-0.1, -0.05) is 22.0 Å². The zero-order valence-electron chi connectivity index (χ0n) is 12.6. The maximum atomic E-state index is 12.7. The smallest absolute Gasteiger partial charge is 0.216 e. The molecule has 0 spiro atoms. The van der Waals surface area contributed by atoms with Crippen molar-refractivity contribution >= 4 is 33.0 Å². The topological polar surface area (TPSA) is 120 Å². The van der Waals surface area contributed by atoms with Crippen molar-refractivity contribution in [2.45, 2.75) is 0 Å². The van der Waals surface area contributed by atoms with Crippen LogP contribution >= 0.6 is 15.9 Å². The minimum atomic E-state index is -0.240. The van der Waals surface area contributed by atoms with Crippen LogP contribution in [0.5, 0.6) is 0 Å². The minimum Gasteiger partial charge on any atom is -0.360 e. The number of nitrogens with one attached hydrogen (secondary N) is 2. The summed E-state index contributed by atoms with van der Waals surface area (Å²) < 4.78 is 0.750. The van der Waals surface area contributed by atoms with Gasteiger partial charge in [0.15, 0.2) is 0 Å². The number of carbonyl (C=O) groups is 1. The number of tetrazole rings is 1. The Bertz CT molecular complexity index is 962. The molecule has 0 atom stereocenters. The van der Waals surface area contributed by atoms with Crippen molar-refractivity contribution < 1.29 is 4.79 Å². The van der Waals surface area contributed by atoms with Crippen molar-refractivity contribution in [1.82, 2.24) is 25.6 Å². The molecule has 3 rings (SSSR count). The third kappa shape index (κ3) is 3.76. The van der Waals surface area contributed by atoms with Crippen LogP contribution in [0.2, 0.25) is 0 Å². The second-order valence-electron chi connectivity index (χ2n) is 4.78. The number of nitrogens with zero attached hydrogens (tertiary/aromatic N) is 5. The third-order valence-corrected chi connectivity index (χ3v) is 3.70. The molecular weight excluding hydrogens is 386 g/mol. The molecule has 3 aromatic rings. The van der Waals surface area contributed by atoms with E-state index < -0.39 is 0 Å². The van der Waals surface area contributed by atoms with Crippen LogP contribution in [0.3, 0.4) is 0 Å². The first-order chi connectivity index (χ1) is 12.2. The molecule has 0 aliphatic carbocycles. The zero-order valence-corrected chi connectivity index (χ0v) is 14.2. The Morgan fingerprint density at radius 2 is 2.20 bits per heavy atom. The normalized spacial score (nSPS) is 11.0. The van der Waals surface area contributed by atoms with Gasteiger partial charge in [0.25, 0.3) is 0 Å². The first-order valence-electron chi connectivity index (χ1n) is 7.05. The van der Waals surface area contributed by atoms with Gasteiger partial charge in [-0.05, 0) is 35.5 Å². The number of ketones is 1. The molecule has 9 heteroatoms. The van der Waals surface area contributed by atoms with Crippen molar-refractivity contribution in [3.8, 4) is 6.07 Å². The molecule has 0 unspecified atom stereocenters. The van der Waals surface area contributed by atoms with Gasteiger partial charge >= 0.3 is 0 Å². The Labute approximate surface area is 150 Å². The highest BCUT2D eigenvalue weighted by molar-refractivity contribution is 9.10. The summed E-state index contributed by atoms with van der Waals surface area (Å²) in [6, 6.07) is 12.3. The van der Waals surface area contributed by atoms with E-state index in [1.165, 1.54) is 6.20 Å². The van der Waals surface area contributed by atoms with E-state index in [1.54, 1.807) is 42.6 Å². The van der Waals surface area contributed by atoms with Gasteiger partial charge < -0.3 is 5.32 Å². The number of allylic oxidation sites excluding steroid dienone is 1. The van der Waals surface area contributed by atoms with Crippen LogP contribution in [0.15, 0.2) is 53.3 Å². The maximum absolute atomic E-state index is 12.7. The zero-order chi connectivity index (χ0) is 17.6. The van der Waals surface area contributed by atoms with Crippen LogP contribution in [0, 0.1) is 11.3 Å². The van der Waals surface area contributed by atoms with Gasteiger partial charge in [-0.15, -0.1) is 10.2 Å². The average Bonchev–Trinajstić information content (AvgIpc) is 3.18. The quantitative estimate of drug-likeness (QED) is 0.502. The lowest BCUT2D eigenvalue weighted by Gasteiger charge is -2.09. The van der Waals surface area contributed by atoms with Crippen LogP contribution in [0.25, 0.3) is 5.57 Å². The Morgan fingerprint density at radius 3 is 2.88 bits per heavy atom. The first-order valence-corrected chi connectivity index (χ1v) is 7.84. The number of H-pyrrole nitrogens is 1. The van der Waals surface area contributed by atoms with E-state index in [9.17, 15) is 10.1 Å². The number of hydrogen-bond acceptors (Lipinski definition) is 7. The molecule has 25 heavy (non-hydrogen) atoms. The Morgan fingerprint density at radius 1 is 1.32 bits per heavy atom. The van der Waals surface area contributed by atoms with E-state index in [1.807, 2.05) is 6.07 Å². The highest BCUT2D eigenvalue weighted by atomic mass is 79.9. The lowest BCUT2D eigenvalue weighted by molar-refractivity contribution is 0.103. The Kier molecular flexibility index (Phi) is 4.92. The van der Waals surface area contributed by atoms with Crippen molar-refractivity contribution in [2.75, 3.05) is 5.32 Å². The van der Waals surface area contributed by atoms with Gasteiger partial charge in [0, 0.05) is 28.1 Å². The molecule has 0 radical (unpaired) electrons. The Balaban J connectivity index is 1.95. The molecule has 8 nitrogen and oxygen atoms in total. The van der Waals surface area contributed by atoms with Gasteiger partial charge in [0.1, 0.15) is 17.3 Å². The van der Waals surface area contributed by atoms with Gasteiger partial charge in [-0.2, -0.15) is 10.5 Å². The standard InChI is InChI=1S/C16H10BrN7O/c17-11-4-5-13(20-9-10(8-18)16-21-23-24-22-16)12(7-11)15(25)14-3-1-2-6-19-14/h1-7,9,20H,(H,21,22,23,24). The van der Waals surface area contributed by atoms with Gasteiger partial charge in [-0.3, -0.25) is 9.78 Å². The maximum Gasteiger partial charge on any atom is 0.216 e. The van der Waals surface area contributed by atoms with Crippen molar-refractivity contribution in [3.05, 3.63) is 70.3 Å². The number of aromatic nitrogens is 5. The third-order valence-electron chi connectivity index (χ3n) is 3.20. The fraction of sp³-hybridized carbons (Fsp3) is 0. The van der Waals surface area contributed by atoms with E-state index in [0.717, 1.165) is 4.47 Å². The van der Waals surface area contributed by atoms with Crippen LogP contribution in [0.1, 0.15) is 21.9 Å². The number of anilines is 1. The largest absolute Gasteiger partial charge is 0.360 e. The summed E-state index contributed by atoms with van der Waals surface area (Å²) >= 11 is 3.36. The average molecular weight is 396 g/mol. The molecular formula is C16H10BrN7O. The number of pyridine rings is 1. The van der Waals surface area contributed by atoms with E-state index >= 15 is 0 Å². The monoisotopic (exact) mass is 395 g/mol. The summed E-state index contributed by atoms with van der Waals surface area (Å²) in [4.78, 5) is 16.8. The van der Waals surface area contributed by atoms with Gasteiger partial charge in [0.2, 0.25) is 11.6 Å². The fourth-order valence-corrected chi connectivity index (χ4v) is 2.40. The number of halogens is 1. The van der Waals surface area contributed by atoms with Crippen LogP contribution in [-0.4, -0.2) is 31.4 Å². The lowest BCUT2D eigenvalue weighted by atomic mass is 10.1. The number of aromatic amines is 1. The number of nitriles is 1. The van der Waals surface area contributed by atoms with E-state index in [4.69, 9.17) is 0 Å². The molecule has 2 N–H and O–H groups in total. The second-order valence-corrected chi connectivity index (χ2v) is 5.70. The molecule has 0 fully saturated rings. The molecule has 0 saturated carbocycles. The number of hydrogen-bond donors (Lipinski definition) is 2. The van der Waals surface area contributed by atoms with Crippen LogP contribution < -0.4 is 5.32 Å². The molecule has 2 aromatic heterocycles. The van der Waals surface area contributed by atoms with Crippen molar-refractivity contribution in [2.24, 2.45) is 0 Å². The minimum absolute atomic E-state index is 0.157. The summed E-state index contributed by atoms with van der Waals surface area (Å²) in [6.07, 6.45) is 2.98. The SMILES string of the molecule is N#CC(=CNc1ccc(Br)cc1C(=O)c1ccccn1)c1nn[nH]n1. The molecule has 122 valence electrons. The summed E-state index contributed by atoms with van der Waals surface area (Å²) in [5.41, 5.74) is 1.43. The fourth-order valence-electron chi connectivity index (χ4n) is 2.04. The van der Waals surface area contributed by atoms with E-state index in [2.05, 4.69) is 46.9 Å². The van der Waals surface area contributed by atoms with Gasteiger partial charge in [0.05, 0.1) is 0 Å². The molecule has 1 aromatic carbocycles. The highest BCUT2D eigenvalue weighted by Crippen LogP contribution is 2.24. The van der Waals surface area contributed by atoms with Crippen LogP contribution in [0.4, 0.5) is 5.69 Å². The summed E-state index contributed by atoms with van der Waals surface area (Å²) in [5, 5.41) is 25.4. The highest BCUT2D eigenvalue weighted by Gasteiger charge is 2.15. The number of rotatable bonds is 5. The molecule has 0 saturated heterocycles. The van der Waals surface area contributed by atoms with Gasteiger partial charge in [-0.25, -0.2) is 0 Å². The molecule has 0 bridgehead atoms. The second kappa shape index (κ2) is 7.46. The molecule has 2 heterocycles. The number of carbonyl (C=O) groups excluding carboxylic acids is 1. The summed E-state index contributed by atoms with van der Waals surface area (Å²) in [5.74, 6) is -0.0828. The molecule has 0 aliphatic heterocycles. The predicted molar refractivity (Wildman–Crippen MR) is 93.2 cm³/mol. The molecule has 0 amide bonds. The van der Waals surface area contributed by atoms with Crippen molar-refractivity contribution in [3.63, 3.8) is 0 Å². The van der Waals surface area contributed by atoms with E-state index in [-0.39, 0.29) is 17.2 Å². The van der Waals surface area contributed by atoms with E-state index in [0.29, 0.717) is 16.9 Å².